The van der Waals surface area contributed by atoms with Crippen LogP contribution >= 0.6 is 11.8 Å². The van der Waals surface area contributed by atoms with Crippen molar-refractivity contribution in [3.05, 3.63) is 82.3 Å². The Hall–Kier alpha value is -3.91. The number of carbonyl (C=O) groups excluding carboxylic acids is 2. The lowest BCUT2D eigenvalue weighted by Gasteiger charge is -2.27. The number of para-hydroxylation sites is 1. The number of fused-ring (bicyclic) bond motifs is 2. The molecule has 7 nitrogen and oxygen atoms in total. The van der Waals surface area contributed by atoms with Gasteiger partial charge >= 0.3 is 0 Å². The molecule has 0 radical (unpaired) electrons. The summed E-state index contributed by atoms with van der Waals surface area (Å²) in [6, 6.07) is 18.4. The van der Waals surface area contributed by atoms with E-state index >= 15 is 0 Å². The molecule has 0 bridgehead atoms. The molecular formula is C28H26N2O5S. The molecule has 1 unspecified atom stereocenters. The second kappa shape index (κ2) is 9.99. The van der Waals surface area contributed by atoms with E-state index in [1.165, 1.54) is 11.8 Å². The van der Waals surface area contributed by atoms with Crippen LogP contribution in [0.3, 0.4) is 0 Å². The quantitative estimate of drug-likeness (QED) is 0.491. The molecule has 1 N–H and O–H groups in total. The van der Waals surface area contributed by atoms with Crippen LogP contribution in [0.1, 0.15) is 34.5 Å². The van der Waals surface area contributed by atoms with Gasteiger partial charge in [-0.25, -0.2) is 0 Å². The highest BCUT2D eigenvalue weighted by atomic mass is 32.2. The van der Waals surface area contributed by atoms with Crippen LogP contribution in [0.5, 0.6) is 17.2 Å². The van der Waals surface area contributed by atoms with Gasteiger partial charge < -0.3 is 24.4 Å². The molecule has 3 aromatic rings. The number of anilines is 1. The normalized spacial score (nSPS) is 16.4. The molecule has 184 valence electrons. The van der Waals surface area contributed by atoms with Gasteiger partial charge in [-0.15, -0.1) is 0 Å². The van der Waals surface area contributed by atoms with Gasteiger partial charge in [-0.1, -0.05) is 36.0 Å². The average Bonchev–Trinajstić information content (AvgIpc) is 2.91. The van der Waals surface area contributed by atoms with Gasteiger partial charge in [-0.2, -0.15) is 0 Å². The number of likely N-dealkylation sites (N-methyl/N-ethyl adjacent to an activating group) is 1. The lowest BCUT2D eigenvalue weighted by atomic mass is 10.1. The molecule has 0 saturated heterocycles. The van der Waals surface area contributed by atoms with E-state index in [1.54, 1.807) is 31.2 Å². The molecule has 0 aromatic heterocycles. The minimum absolute atomic E-state index is 0.138. The molecule has 2 amide bonds. The van der Waals surface area contributed by atoms with Gasteiger partial charge in [-0.05, 0) is 55.0 Å². The third-order valence-corrected chi connectivity index (χ3v) is 7.23. The first kappa shape index (κ1) is 23.8. The Morgan fingerprint density at radius 2 is 1.86 bits per heavy atom. The number of carbonyl (C=O) groups is 2. The molecule has 8 heteroatoms. The Morgan fingerprint density at radius 3 is 2.67 bits per heavy atom. The third-order valence-electron chi connectivity index (χ3n) is 6.16. The van der Waals surface area contributed by atoms with E-state index in [-0.39, 0.29) is 17.9 Å². The van der Waals surface area contributed by atoms with Crippen molar-refractivity contribution in [3.8, 4) is 17.2 Å². The highest BCUT2D eigenvalue weighted by Gasteiger charge is 2.28. The first-order chi connectivity index (χ1) is 17.4. The van der Waals surface area contributed by atoms with Crippen LogP contribution in [-0.2, 0) is 4.79 Å². The minimum Gasteiger partial charge on any atom is -0.496 e. The third kappa shape index (κ3) is 4.64. The SMILES string of the molecule is COc1ccccc1C=C1Sc2ccc(C(=O)NC(C)c3ccc4c(c3)OCCO4)cc2N(C)C1=O. The molecule has 0 saturated carbocycles. The fourth-order valence-electron chi connectivity index (χ4n) is 4.15. The minimum atomic E-state index is -0.242. The van der Waals surface area contributed by atoms with Crippen molar-refractivity contribution < 1.29 is 23.8 Å². The average molecular weight is 503 g/mol. The van der Waals surface area contributed by atoms with Crippen LogP contribution in [0, 0.1) is 0 Å². The first-order valence-electron chi connectivity index (χ1n) is 11.6. The van der Waals surface area contributed by atoms with E-state index in [1.807, 2.05) is 61.5 Å². The van der Waals surface area contributed by atoms with Crippen molar-refractivity contribution >= 4 is 35.3 Å². The Kier molecular flexibility index (Phi) is 6.61. The Morgan fingerprint density at radius 1 is 1.08 bits per heavy atom. The topological polar surface area (TPSA) is 77.1 Å². The molecule has 2 heterocycles. The maximum atomic E-state index is 13.1. The fourth-order valence-corrected chi connectivity index (χ4v) is 5.24. The van der Waals surface area contributed by atoms with Gasteiger partial charge in [0.2, 0.25) is 0 Å². The second-order valence-corrected chi connectivity index (χ2v) is 9.58. The maximum absolute atomic E-state index is 13.1. The number of ether oxygens (including phenoxy) is 3. The molecule has 0 fully saturated rings. The smallest absolute Gasteiger partial charge is 0.264 e. The Bertz CT molecular complexity index is 1370. The molecule has 5 rings (SSSR count). The van der Waals surface area contributed by atoms with Crippen molar-refractivity contribution in [2.24, 2.45) is 0 Å². The molecule has 2 aliphatic rings. The number of rotatable bonds is 5. The number of nitrogens with one attached hydrogen (secondary N) is 1. The van der Waals surface area contributed by atoms with Crippen molar-refractivity contribution in [1.82, 2.24) is 5.32 Å². The zero-order valence-corrected chi connectivity index (χ0v) is 21.1. The number of amides is 2. The highest BCUT2D eigenvalue weighted by molar-refractivity contribution is 8.04. The summed E-state index contributed by atoms with van der Waals surface area (Å²) in [5.41, 5.74) is 2.92. The van der Waals surface area contributed by atoms with E-state index in [0.29, 0.717) is 46.6 Å². The molecule has 2 aliphatic heterocycles. The Labute approximate surface area is 214 Å². The summed E-state index contributed by atoms with van der Waals surface area (Å²) in [4.78, 5) is 29.2. The number of thioether (sulfide) groups is 1. The summed E-state index contributed by atoms with van der Waals surface area (Å²) in [7, 11) is 3.33. The number of hydrogen-bond acceptors (Lipinski definition) is 6. The number of methoxy groups -OCH3 is 1. The Balaban J connectivity index is 1.35. The fraction of sp³-hybridized carbons (Fsp3) is 0.214. The molecule has 36 heavy (non-hydrogen) atoms. The van der Waals surface area contributed by atoms with Gasteiger partial charge in [0, 0.05) is 23.1 Å². The molecule has 1 atom stereocenters. The van der Waals surface area contributed by atoms with E-state index in [2.05, 4.69) is 5.32 Å². The van der Waals surface area contributed by atoms with E-state index < -0.39 is 0 Å². The second-order valence-electron chi connectivity index (χ2n) is 8.50. The number of nitrogens with zero attached hydrogens (tertiary/aromatic N) is 1. The summed E-state index contributed by atoms with van der Waals surface area (Å²) < 4.78 is 16.6. The maximum Gasteiger partial charge on any atom is 0.264 e. The first-order valence-corrected chi connectivity index (χ1v) is 12.4. The zero-order chi connectivity index (χ0) is 25.2. The largest absolute Gasteiger partial charge is 0.496 e. The van der Waals surface area contributed by atoms with Crippen LogP contribution in [0.15, 0.2) is 70.5 Å². The van der Waals surface area contributed by atoms with Gasteiger partial charge in [0.15, 0.2) is 11.5 Å². The zero-order valence-electron chi connectivity index (χ0n) is 20.2. The van der Waals surface area contributed by atoms with Gasteiger partial charge in [-0.3, -0.25) is 9.59 Å². The molecular weight excluding hydrogens is 476 g/mol. The van der Waals surface area contributed by atoms with Gasteiger partial charge in [0.25, 0.3) is 11.8 Å². The van der Waals surface area contributed by atoms with Gasteiger partial charge in [0.1, 0.15) is 19.0 Å². The van der Waals surface area contributed by atoms with Crippen molar-refractivity contribution in [2.45, 2.75) is 17.9 Å². The van der Waals surface area contributed by atoms with Gasteiger partial charge in [0.05, 0.1) is 23.7 Å². The summed E-state index contributed by atoms with van der Waals surface area (Å²) in [6.07, 6.45) is 1.83. The standard InChI is InChI=1S/C28H26N2O5S/c1-17(18-8-10-23-24(15-18)35-13-12-34-23)29-27(31)20-9-11-25-21(14-20)30(2)28(32)26(36-25)16-19-6-4-5-7-22(19)33-3/h4-11,14-17H,12-13H2,1-3H3,(H,29,31). The van der Waals surface area contributed by atoms with E-state index in [9.17, 15) is 9.59 Å². The molecule has 0 aliphatic carbocycles. The summed E-state index contributed by atoms with van der Waals surface area (Å²) in [5, 5.41) is 3.04. The van der Waals surface area contributed by atoms with Crippen LogP contribution in [0.25, 0.3) is 6.08 Å². The van der Waals surface area contributed by atoms with Crippen LogP contribution in [0.2, 0.25) is 0 Å². The summed E-state index contributed by atoms with van der Waals surface area (Å²) >= 11 is 1.38. The predicted octanol–water partition coefficient (Wildman–Crippen LogP) is 5.07. The predicted molar refractivity (Wildman–Crippen MR) is 140 cm³/mol. The number of benzene rings is 3. The summed E-state index contributed by atoms with van der Waals surface area (Å²) in [6.45, 7) is 2.96. The monoisotopic (exact) mass is 502 g/mol. The summed E-state index contributed by atoms with van der Waals surface area (Å²) in [5.74, 6) is 1.73. The van der Waals surface area contributed by atoms with Crippen molar-refractivity contribution in [2.75, 3.05) is 32.3 Å². The van der Waals surface area contributed by atoms with E-state index in [4.69, 9.17) is 14.2 Å². The molecule has 3 aromatic carbocycles. The molecule has 0 spiro atoms. The van der Waals surface area contributed by atoms with Crippen LogP contribution in [0.4, 0.5) is 5.69 Å². The highest BCUT2D eigenvalue weighted by Crippen LogP contribution is 2.42. The lowest BCUT2D eigenvalue weighted by molar-refractivity contribution is -0.114. The van der Waals surface area contributed by atoms with E-state index in [0.717, 1.165) is 16.0 Å². The van der Waals surface area contributed by atoms with Crippen LogP contribution in [-0.4, -0.2) is 39.2 Å². The van der Waals surface area contributed by atoms with Crippen LogP contribution < -0.4 is 24.4 Å². The van der Waals surface area contributed by atoms with Crippen molar-refractivity contribution in [1.29, 1.82) is 0 Å². The van der Waals surface area contributed by atoms with Crippen molar-refractivity contribution in [3.63, 3.8) is 0 Å². The lowest BCUT2D eigenvalue weighted by Crippen LogP contribution is -2.31. The number of hydrogen-bond donors (Lipinski definition) is 1.